The number of aromatic nitrogens is 1. The van der Waals surface area contributed by atoms with Gasteiger partial charge in [-0.05, 0) is 71.8 Å². The largest absolute Gasteiger partial charge is 0.342 e. The third-order valence-electron chi connectivity index (χ3n) is 5.93. The van der Waals surface area contributed by atoms with Crippen LogP contribution >= 0.6 is 46.6 Å². The number of fused-ring (bicyclic) bond motifs is 1. The molecule has 0 spiro atoms. The zero-order valence-electron chi connectivity index (χ0n) is 20.3. The van der Waals surface area contributed by atoms with Gasteiger partial charge in [-0.25, -0.2) is 4.99 Å². The average molecular weight is 569 g/mol. The first-order chi connectivity index (χ1) is 17.8. The van der Waals surface area contributed by atoms with Crippen molar-refractivity contribution in [3.8, 4) is 0 Å². The maximum atomic E-state index is 13.5. The molecule has 0 N–H and O–H groups in total. The Labute approximate surface area is 235 Å². The fourth-order valence-corrected chi connectivity index (χ4v) is 5.69. The van der Waals surface area contributed by atoms with Crippen molar-refractivity contribution in [3.05, 3.63) is 104 Å². The number of benzene rings is 3. The number of hydrogen-bond acceptors (Lipinski definition) is 3. The Kier molecular flexibility index (Phi) is 7.68. The summed E-state index contributed by atoms with van der Waals surface area (Å²) in [6.45, 7) is 5.41. The second-order valence-electron chi connectivity index (χ2n) is 9.27. The molecule has 8 heteroatoms. The summed E-state index contributed by atoms with van der Waals surface area (Å²) in [6.07, 6.45) is 4.05. The van der Waals surface area contributed by atoms with Crippen LogP contribution in [0.1, 0.15) is 25.0 Å². The van der Waals surface area contributed by atoms with Crippen LogP contribution in [0.5, 0.6) is 0 Å². The normalized spacial score (nSPS) is 16.2. The Morgan fingerprint density at radius 2 is 1.73 bits per heavy atom. The number of nitrogens with zero attached hydrogens (tertiary/aromatic N) is 3. The first kappa shape index (κ1) is 25.9. The standard InChI is InChI=1S/C29H24Cl3N3OS/c1-18(2)15-35-28(36)27(37-29(35)33-22-10-8-21(30)9-11-22)14-20-17-34(26-6-4-3-5-23(20)26)16-19-7-12-24(31)25(32)13-19/h3-14,17-18H,15-16H2,1-2H3/b27-14-,33-29?. The van der Waals surface area contributed by atoms with E-state index >= 15 is 0 Å². The number of amidine groups is 1. The average Bonchev–Trinajstić information content (AvgIpc) is 3.35. The molecule has 1 amide bonds. The molecule has 0 unspecified atom stereocenters. The minimum atomic E-state index is -0.0345. The molecule has 0 atom stereocenters. The van der Waals surface area contributed by atoms with E-state index in [0.29, 0.717) is 44.1 Å². The highest BCUT2D eigenvalue weighted by Crippen LogP contribution is 2.36. The van der Waals surface area contributed by atoms with E-state index in [1.54, 1.807) is 17.0 Å². The highest BCUT2D eigenvalue weighted by atomic mass is 35.5. The van der Waals surface area contributed by atoms with Crippen LogP contribution in [0.25, 0.3) is 17.0 Å². The summed E-state index contributed by atoms with van der Waals surface area (Å²) in [5.74, 6) is 0.264. The van der Waals surface area contributed by atoms with Crippen LogP contribution in [0.15, 0.2) is 82.8 Å². The fourth-order valence-electron chi connectivity index (χ4n) is 4.24. The Morgan fingerprint density at radius 1 is 0.973 bits per heavy atom. The molecule has 1 aliphatic heterocycles. The van der Waals surface area contributed by atoms with Crippen LogP contribution in [0.4, 0.5) is 5.69 Å². The van der Waals surface area contributed by atoms with Crippen molar-refractivity contribution in [1.29, 1.82) is 0 Å². The zero-order valence-corrected chi connectivity index (χ0v) is 23.4. The number of aliphatic imine (C=N–C) groups is 1. The predicted octanol–water partition coefficient (Wildman–Crippen LogP) is 8.91. The molecule has 1 aliphatic rings. The van der Waals surface area contributed by atoms with Gasteiger partial charge in [-0.15, -0.1) is 0 Å². The Bertz CT molecular complexity index is 1540. The smallest absolute Gasteiger partial charge is 0.266 e. The van der Waals surface area contributed by atoms with Crippen molar-refractivity contribution in [2.45, 2.75) is 20.4 Å². The van der Waals surface area contributed by atoms with Gasteiger partial charge in [0.25, 0.3) is 5.91 Å². The number of para-hydroxylation sites is 1. The highest BCUT2D eigenvalue weighted by molar-refractivity contribution is 8.18. The molecule has 5 rings (SSSR count). The van der Waals surface area contributed by atoms with Crippen LogP contribution in [0.2, 0.25) is 15.1 Å². The first-order valence-corrected chi connectivity index (χ1v) is 13.8. The number of carbonyl (C=O) groups excluding carboxylic acids is 1. The molecule has 1 saturated heterocycles. The molecule has 0 aliphatic carbocycles. The van der Waals surface area contributed by atoms with Crippen LogP contribution in [0.3, 0.4) is 0 Å². The molecule has 188 valence electrons. The zero-order chi connectivity index (χ0) is 26.1. The quantitative estimate of drug-likeness (QED) is 0.218. The highest BCUT2D eigenvalue weighted by Gasteiger charge is 2.34. The molecule has 2 heterocycles. The summed E-state index contributed by atoms with van der Waals surface area (Å²) in [7, 11) is 0. The number of hydrogen-bond donors (Lipinski definition) is 0. The molecular weight excluding hydrogens is 545 g/mol. The number of amides is 1. The van der Waals surface area contributed by atoms with E-state index in [4.69, 9.17) is 39.8 Å². The minimum Gasteiger partial charge on any atom is -0.342 e. The number of rotatable bonds is 6. The van der Waals surface area contributed by atoms with E-state index in [2.05, 4.69) is 36.7 Å². The summed E-state index contributed by atoms with van der Waals surface area (Å²) < 4.78 is 2.17. The van der Waals surface area contributed by atoms with Crippen molar-refractivity contribution in [2.24, 2.45) is 10.9 Å². The second-order valence-corrected chi connectivity index (χ2v) is 11.5. The van der Waals surface area contributed by atoms with Crippen LogP contribution in [-0.2, 0) is 11.3 Å². The lowest BCUT2D eigenvalue weighted by Gasteiger charge is -2.17. The Balaban J connectivity index is 1.52. The van der Waals surface area contributed by atoms with Gasteiger partial charge in [-0.1, -0.05) is 72.9 Å². The Hall–Kier alpha value is -2.70. The number of halogens is 3. The van der Waals surface area contributed by atoms with Gasteiger partial charge in [-0.2, -0.15) is 0 Å². The summed E-state index contributed by atoms with van der Waals surface area (Å²) >= 11 is 19.8. The molecule has 1 aromatic heterocycles. The van der Waals surface area contributed by atoms with E-state index in [1.165, 1.54) is 11.8 Å². The topological polar surface area (TPSA) is 37.6 Å². The van der Waals surface area contributed by atoms with Gasteiger partial charge in [0.1, 0.15) is 0 Å². The van der Waals surface area contributed by atoms with Gasteiger partial charge in [0.05, 0.1) is 20.6 Å². The summed E-state index contributed by atoms with van der Waals surface area (Å²) in [5, 5.41) is 3.46. The number of thioether (sulfide) groups is 1. The molecule has 0 radical (unpaired) electrons. The van der Waals surface area contributed by atoms with Gasteiger partial charge in [-0.3, -0.25) is 9.69 Å². The lowest BCUT2D eigenvalue weighted by atomic mass is 10.1. The van der Waals surface area contributed by atoms with E-state index in [-0.39, 0.29) is 5.91 Å². The molecule has 4 nitrogen and oxygen atoms in total. The first-order valence-electron chi connectivity index (χ1n) is 11.9. The molecule has 0 saturated carbocycles. The van der Waals surface area contributed by atoms with Crippen LogP contribution in [-0.4, -0.2) is 27.1 Å². The van der Waals surface area contributed by atoms with Gasteiger partial charge >= 0.3 is 0 Å². The third-order valence-corrected chi connectivity index (χ3v) is 7.93. The molecule has 1 fully saturated rings. The number of carbonyl (C=O) groups is 1. The van der Waals surface area contributed by atoms with Gasteiger partial charge in [0.15, 0.2) is 5.17 Å². The van der Waals surface area contributed by atoms with Crippen molar-refractivity contribution in [2.75, 3.05) is 6.54 Å². The van der Waals surface area contributed by atoms with E-state index in [0.717, 1.165) is 27.7 Å². The van der Waals surface area contributed by atoms with Gasteiger partial charge in [0, 0.05) is 40.8 Å². The van der Waals surface area contributed by atoms with Gasteiger partial charge in [0.2, 0.25) is 0 Å². The molecule has 0 bridgehead atoms. The summed E-state index contributed by atoms with van der Waals surface area (Å²) in [6, 6.07) is 21.2. The molecule has 37 heavy (non-hydrogen) atoms. The van der Waals surface area contributed by atoms with Crippen molar-refractivity contribution in [1.82, 2.24) is 9.47 Å². The van der Waals surface area contributed by atoms with Crippen LogP contribution in [0, 0.1) is 5.92 Å². The Morgan fingerprint density at radius 3 is 2.46 bits per heavy atom. The minimum absolute atomic E-state index is 0.0345. The van der Waals surface area contributed by atoms with Crippen molar-refractivity contribution in [3.63, 3.8) is 0 Å². The summed E-state index contributed by atoms with van der Waals surface area (Å²) in [5.41, 5.74) is 3.85. The van der Waals surface area contributed by atoms with E-state index in [1.807, 2.05) is 48.5 Å². The third kappa shape index (κ3) is 5.75. The fraction of sp³-hybridized carbons (Fsp3) is 0.172. The van der Waals surface area contributed by atoms with Crippen molar-refractivity contribution >= 4 is 80.3 Å². The van der Waals surface area contributed by atoms with Gasteiger partial charge < -0.3 is 4.57 Å². The monoisotopic (exact) mass is 567 g/mol. The molecular formula is C29H24Cl3N3OS. The maximum absolute atomic E-state index is 13.5. The van der Waals surface area contributed by atoms with Crippen molar-refractivity contribution < 1.29 is 4.79 Å². The SMILES string of the molecule is CC(C)CN1C(=O)/C(=C/c2cn(Cc3ccc(Cl)c(Cl)c3)c3ccccc23)SC1=Nc1ccc(Cl)cc1. The van der Waals surface area contributed by atoms with Crippen LogP contribution < -0.4 is 0 Å². The summed E-state index contributed by atoms with van der Waals surface area (Å²) in [4.78, 5) is 20.7. The lowest BCUT2D eigenvalue weighted by molar-refractivity contribution is -0.122. The second kappa shape index (κ2) is 11.0. The predicted molar refractivity (Wildman–Crippen MR) is 158 cm³/mol. The molecule has 3 aromatic carbocycles. The lowest BCUT2D eigenvalue weighted by Crippen LogP contribution is -2.32. The maximum Gasteiger partial charge on any atom is 0.266 e. The van der Waals surface area contributed by atoms with E-state index in [9.17, 15) is 4.79 Å². The van der Waals surface area contributed by atoms with E-state index < -0.39 is 0 Å². The molecule has 4 aromatic rings.